The van der Waals surface area contributed by atoms with E-state index in [1.165, 1.54) is 10.9 Å². The molecule has 2 aromatic rings. The fourth-order valence-electron chi connectivity index (χ4n) is 1.40. The van der Waals surface area contributed by atoms with Gasteiger partial charge in [0.2, 0.25) is 0 Å². The minimum absolute atomic E-state index is 0.0109. The van der Waals surface area contributed by atoms with Crippen molar-refractivity contribution in [2.45, 2.75) is 6.54 Å². The number of rotatable bonds is 4. The van der Waals surface area contributed by atoms with Gasteiger partial charge in [-0.3, -0.25) is 9.36 Å². The normalized spacial score (nSPS) is 10.5. The Labute approximate surface area is 128 Å². The lowest BCUT2D eigenvalue weighted by Crippen LogP contribution is -2.24. The molecule has 2 rings (SSSR count). The summed E-state index contributed by atoms with van der Waals surface area (Å²) in [5.74, 6) is 0.726. The summed E-state index contributed by atoms with van der Waals surface area (Å²) in [6.45, 7) is 0.681. The molecule has 0 amide bonds. The lowest BCUT2D eigenvalue weighted by Gasteiger charge is -2.08. The smallest absolute Gasteiger partial charge is 0.273 e. The third-order valence-corrected chi connectivity index (χ3v) is 3.61. The second kappa shape index (κ2) is 6.41. The number of hydrogen-bond donors (Lipinski definition) is 0. The fraction of sp³-hybridized carbons (Fsp3) is 0.167. The van der Waals surface area contributed by atoms with Crippen LogP contribution in [0.4, 0.5) is 0 Å². The maximum atomic E-state index is 11.7. The van der Waals surface area contributed by atoms with Gasteiger partial charge in [0.25, 0.3) is 5.56 Å². The summed E-state index contributed by atoms with van der Waals surface area (Å²) in [7, 11) is 0. The van der Waals surface area contributed by atoms with Crippen molar-refractivity contribution in [2.24, 2.45) is 0 Å². The quantitative estimate of drug-likeness (QED) is 0.782. The predicted molar refractivity (Wildman–Crippen MR) is 78.2 cm³/mol. The molecule has 7 heteroatoms. The van der Waals surface area contributed by atoms with Crippen molar-refractivity contribution in [3.63, 3.8) is 0 Å². The molecule has 0 aliphatic carbocycles. The van der Waals surface area contributed by atoms with Crippen molar-refractivity contribution in [3.05, 3.63) is 55.6 Å². The molecule has 0 radical (unpaired) electrons. The minimum Gasteiger partial charge on any atom is -0.492 e. The molecule has 0 atom stereocenters. The minimum atomic E-state index is -0.374. The zero-order chi connectivity index (χ0) is 13.8. The Morgan fingerprint density at radius 1 is 1.26 bits per heavy atom. The Morgan fingerprint density at radius 3 is 2.63 bits per heavy atom. The van der Waals surface area contributed by atoms with Gasteiger partial charge in [-0.15, -0.1) is 0 Å². The molecule has 0 saturated carbocycles. The van der Waals surface area contributed by atoms with Gasteiger partial charge in [0, 0.05) is 4.47 Å². The molecular formula is C12H9BrCl2N2O2. The summed E-state index contributed by atoms with van der Waals surface area (Å²) in [5.41, 5.74) is -0.374. The molecule has 1 aromatic carbocycles. The van der Waals surface area contributed by atoms with Crippen LogP contribution in [0.1, 0.15) is 0 Å². The molecule has 0 bridgehead atoms. The van der Waals surface area contributed by atoms with E-state index < -0.39 is 0 Å². The highest BCUT2D eigenvalue weighted by Crippen LogP contribution is 2.16. The van der Waals surface area contributed by atoms with Crippen LogP contribution in [0.15, 0.2) is 39.9 Å². The molecule has 0 saturated heterocycles. The zero-order valence-corrected chi connectivity index (χ0v) is 12.7. The van der Waals surface area contributed by atoms with Crippen LogP contribution in [0.5, 0.6) is 5.75 Å². The van der Waals surface area contributed by atoms with E-state index in [2.05, 4.69) is 20.9 Å². The third-order valence-electron chi connectivity index (χ3n) is 2.35. The lowest BCUT2D eigenvalue weighted by molar-refractivity contribution is 0.295. The first kappa shape index (κ1) is 14.4. The first-order chi connectivity index (χ1) is 9.08. The van der Waals surface area contributed by atoms with E-state index in [0.29, 0.717) is 13.2 Å². The number of aromatic nitrogens is 2. The van der Waals surface area contributed by atoms with Crippen LogP contribution in [0.3, 0.4) is 0 Å². The van der Waals surface area contributed by atoms with Gasteiger partial charge in [0.1, 0.15) is 17.4 Å². The van der Waals surface area contributed by atoms with E-state index in [1.807, 2.05) is 24.3 Å². The van der Waals surface area contributed by atoms with E-state index in [1.54, 1.807) is 0 Å². The maximum Gasteiger partial charge on any atom is 0.273 e. The summed E-state index contributed by atoms with van der Waals surface area (Å²) >= 11 is 14.7. The summed E-state index contributed by atoms with van der Waals surface area (Å²) in [6.07, 6.45) is 1.35. The molecule has 0 spiro atoms. The highest BCUT2D eigenvalue weighted by Gasteiger charge is 2.07. The average Bonchev–Trinajstić information content (AvgIpc) is 2.41. The van der Waals surface area contributed by atoms with E-state index in [-0.39, 0.29) is 15.7 Å². The highest BCUT2D eigenvalue weighted by atomic mass is 79.9. The molecule has 0 aliphatic heterocycles. The van der Waals surface area contributed by atoms with Crippen molar-refractivity contribution in [2.75, 3.05) is 6.61 Å². The second-order valence-corrected chi connectivity index (χ2v) is 5.30. The molecule has 0 fully saturated rings. The molecule has 4 nitrogen and oxygen atoms in total. The first-order valence-electron chi connectivity index (χ1n) is 5.37. The van der Waals surface area contributed by atoms with Crippen LogP contribution in [-0.4, -0.2) is 16.2 Å². The summed E-state index contributed by atoms with van der Waals surface area (Å²) in [6, 6.07) is 7.42. The van der Waals surface area contributed by atoms with Crippen molar-refractivity contribution in [3.8, 4) is 5.75 Å². The van der Waals surface area contributed by atoms with Gasteiger partial charge in [-0.2, -0.15) is 0 Å². The van der Waals surface area contributed by atoms with Crippen molar-refractivity contribution in [1.82, 2.24) is 9.55 Å². The Kier molecular flexibility index (Phi) is 4.85. The number of nitrogens with zero attached hydrogens (tertiary/aromatic N) is 2. The maximum absolute atomic E-state index is 11.7. The SMILES string of the molecule is O=c1c(Cl)c(Cl)ncn1CCOc1ccc(Br)cc1. The molecular weight excluding hydrogens is 355 g/mol. The van der Waals surface area contributed by atoms with Crippen LogP contribution in [-0.2, 0) is 6.54 Å². The van der Waals surface area contributed by atoms with Gasteiger partial charge in [-0.05, 0) is 24.3 Å². The first-order valence-corrected chi connectivity index (χ1v) is 6.91. The van der Waals surface area contributed by atoms with Gasteiger partial charge >= 0.3 is 0 Å². The Hall–Kier alpha value is -1.04. The molecule has 1 heterocycles. The summed E-state index contributed by atoms with van der Waals surface area (Å²) < 4.78 is 7.84. The zero-order valence-electron chi connectivity index (χ0n) is 9.65. The molecule has 1 aromatic heterocycles. The Bertz CT molecular complexity index is 629. The molecule has 100 valence electrons. The van der Waals surface area contributed by atoms with Gasteiger partial charge in [-0.25, -0.2) is 4.98 Å². The van der Waals surface area contributed by atoms with Crippen molar-refractivity contribution >= 4 is 39.1 Å². The van der Waals surface area contributed by atoms with Crippen LogP contribution >= 0.6 is 39.1 Å². The number of benzene rings is 1. The van der Waals surface area contributed by atoms with Crippen LogP contribution in [0, 0.1) is 0 Å². The molecule has 0 aliphatic rings. The average molecular weight is 364 g/mol. The summed E-state index contributed by atoms with van der Waals surface area (Å²) in [4.78, 5) is 15.5. The molecule has 19 heavy (non-hydrogen) atoms. The van der Waals surface area contributed by atoms with E-state index >= 15 is 0 Å². The lowest BCUT2D eigenvalue weighted by atomic mass is 10.3. The van der Waals surface area contributed by atoms with Gasteiger partial charge < -0.3 is 4.74 Å². The van der Waals surface area contributed by atoms with Crippen LogP contribution in [0.25, 0.3) is 0 Å². The van der Waals surface area contributed by atoms with Crippen molar-refractivity contribution in [1.29, 1.82) is 0 Å². The van der Waals surface area contributed by atoms with Gasteiger partial charge in [-0.1, -0.05) is 39.1 Å². The van der Waals surface area contributed by atoms with Crippen LogP contribution < -0.4 is 10.3 Å². The second-order valence-electron chi connectivity index (χ2n) is 3.65. The number of hydrogen-bond acceptors (Lipinski definition) is 3. The fourth-order valence-corrected chi connectivity index (χ4v) is 1.94. The van der Waals surface area contributed by atoms with E-state index in [9.17, 15) is 4.79 Å². The van der Waals surface area contributed by atoms with Crippen molar-refractivity contribution < 1.29 is 4.74 Å². The Morgan fingerprint density at radius 2 is 1.95 bits per heavy atom. The topological polar surface area (TPSA) is 44.1 Å². The van der Waals surface area contributed by atoms with E-state index in [0.717, 1.165) is 10.2 Å². The summed E-state index contributed by atoms with van der Waals surface area (Å²) in [5, 5.41) is -0.0652. The number of ether oxygens (including phenoxy) is 1. The molecule has 0 N–H and O–H groups in total. The molecule has 0 unspecified atom stereocenters. The van der Waals surface area contributed by atoms with Gasteiger partial charge in [0.05, 0.1) is 12.9 Å². The monoisotopic (exact) mass is 362 g/mol. The Balaban J connectivity index is 1.98. The van der Waals surface area contributed by atoms with Crippen LogP contribution in [0.2, 0.25) is 10.2 Å². The standard InChI is InChI=1S/C12H9BrCl2N2O2/c13-8-1-3-9(4-2-8)19-6-5-17-7-16-11(15)10(14)12(17)18/h1-4,7H,5-6H2. The third kappa shape index (κ3) is 3.72. The largest absolute Gasteiger partial charge is 0.492 e. The highest BCUT2D eigenvalue weighted by molar-refractivity contribution is 9.10. The number of halogens is 3. The predicted octanol–water partition coefficient (Wildman–Crippen LogP) is 3.39. The van der Waals surface area contributed by atoms with Gasteiger partial charge in [0.15, 0.2) is 5.15 Å². The van der Waals surface area contributed by atoms with E-state index in [4.69, 9.17) is 27.9 Å².